The van der Waals surface area contributed by atoms with E-state index in [1.54, 1.807) is 18.2 Å². The van der Waals surface area contributed by atoms with E-state index >= 15 is 4.39 Å². The lowest BCUT2D eigenvalue weighted by Crippen LogP contribution is -2.54. The molecule has 4 aliphatic heterocycles. The number of ether oxygens (including phenoxy) is 1. The van der Waals surface area contributed by atoms with E-state index in [-0.39, 0.29) is 34.7 Å². The van der Waals surface area contributed by atoms with Crippen LogP contribution < -0.4 is 25.6 Å². The van der Waals surface area contributed by atoms with Crippen molar-refractivity contribution in [2.24, 2.45) is 5.92 Å². The summed E-state index contributed by atoms with van der Waals surface area (Å²) in [5.41, 5.74) is 1.78. The van der Waals surface area contributed by atoms with E-state index in [9.17, 15) is 28.4 Å². The van der Waals surface area contributed by atoms with E-state index in [1.165, 1.54) is 30.6 Å². The van der Waals surface area contributed by atoms with E-state index in [0.29, 0.717) is 59.5 Å². The van der Waals surface area contributed by atoms with Gasteiger partial charge in [-0.3, -0.25) is 39.1 Å². The molecule has 1 unspecified atom stereocenters. The summed E-state index contributed by atoms with van der Waals surface area (Å²) < 4.78 is 35.4. The topological polar surface area (TPSA) is 169 Å². The second-order valence-electron chi connectivity index (χ2n) is 15.6. The van der Waals surface area contributed by atoms with Crippen molar-refractivity contribution in [3.63, 3.8) is 0 Å². The van der Waals surface area contributed by atoms with Crippen molar-refractivity contribution in [1.82, 2.24) is 30.0 Å². The summed E-state index contributed by atoms with van der Waals surface area (Å²) in [6, 6.07) is 9.13. The number of piperidine rings is 2. The van der Waals surface area contributed by atoms with Gasteiger partial charge in [-0.15, -0.1) is 0 Å². The van der Waals surface area contributed by atoms with Crippen LogP contribution in [0.4, 0.5) is 31.7 Å². The van der Waals surface area contributed by atoms with Gasteiger partial charge in [-0.05, 0) is 87.2 Å². The second kappa shape index (κ2) is 17.9. The molecule has 0 aliphatic carbocycles. The minimum absolute atomic E-state index is 0.00973. The lowest BCUT2D eigenvalue weighted by molar-refractivity contribution is -0.136. The minimum Gasteiger partial charge on any atom is -0.491 e. The van der Waals surface area contributed by atoms with Gasteiger partial charge < -0.3 is 25.2 Å². The van der Waals surface area contributed by atoms with E-state index in [2.05, 4.69) is 42.3 Å². The Bertz CT molecular complexity index is 2420. The first-order valence-corrected chi connectivity index (χ1v) is 20.7. The van der Waals surface area contributed by atoms with Crippen LogP contribution in [0.15, 0.2) is 61.4 Å². The minimum atomic E-state index is -1.11. The summed E-state index contributed by atoms with van der Waals surface area (Å²) in [6.45, 7) is 10.2. The predicted molar refractivity (Wildman–Crippen MR) is 224 cm³/mol. The number of aromatic nitrogens is 2. The third-order valence-electron chi connectivity index (χ3n) is 11.7. The van der Waals surface area contributed by atoms with Crippen LogP contribution in [0, 0.1) is 17.6 Å². The zero-order chi connectivity index (χ0) is 42.8. The van der Waals surface area contributed by atoms with E-state index in [1.807, 2.05) is 4.90 Å². The molecule has 0 radical (unpaired) electrons. The maximum Gasteiger partial charge on any atom is 0.262 e. The Morgan fingerprint density at radius 2 is 1.67 bits per heavy atom. The number of halogens is 3. The second-order valence-corrected chi connectivity index (χ2v) is 16.0. The van der Waals surface area contributed by atoms with Gasteiger partial charge >= 0.3 is 0 Å². The molecule has 3 N–H and O–H groups in total. The molecule has 3 saturated heterocycles. The highest BCUT2D eigenvalue weighted by Crippen LogP contribution is 2.35. The molecule has 1 atom stereocenters. The van der Waals surface area contributed by atoms with Gasteiger partial charge in [0.1, 0.15) is 35.6 Å². The summed E-state index contributed by atoms with van der Waals surface area (Å²) in [4.78, 5) is 79.2. The van der Waals surface area contributed by atoms with Crippen LogP contribution in [0.5, 0.6) is 5.75 Å². The number of nitrogens with one attached hydrogen (secondary N) is 3. The quantitative estimate of drug-likeness (QED) is 0.0923. The summed E-state index contributed by atoms with van der Waals surface area (Å²) in [6.07, 6.45) is 5.47. The Morgan fingerprint density at radius 3 is 2.39 bits per heavy atom. The molecule has 3 fully saturated rings. The Hall–Kier alpha value is -6.04. The third kappa shape index (κ3) is 9.04. The van der Waals surface area contributed by atoms with Crippen LogP contribution in [-0.4, -0.2) is 119 Å². The molecule has 3 aromatic carbocycles. The fraction of sp³-hybridized carbons (Fsp3) is 0.372. The molecule has 61 heavy (non-hydrogen) atoms. The van der Waals surface area contributed by atoms with Crippen molar-refractivity contribution < 1.29 is 37.5 Å². The first kappa shape index (κ1) is 41.7. The smallest absolute Gasteiger partial charge is 0.262 e. The molecule has 8 rings (SSSR count). The third-order valence-corrected chi connectivity index (χ3v) is 12.0. The van der Waals surface area contributed by atoms with Crippen molar-refractivity contribution in [2.75, 3.05) is 74.5 Å². The Labute approximate surface area is 355 Å². The van der Waals surface area contributed by atoms with Crippen LogP contribution in [-0.2, 0) is 14.4 Å². The highest BCUT2D eigenvalue weighted by Gasteiger charge is 2.45. The maximum atomic E-state index is 15.4. The zero-order valence-electron chi connectivity index (χ0n) is 33.2. The highest BCUT2D eigenvalue weighted by molar-refractivity contribution is 6.31. The average Bonchev–Trinajstić information content (AvgIpc) is 3.48. The van der Waals surface area contributed by atoms with Crippen molar-refractivity contribution in [2.45, 2.75) is 38.1 Å². The van der Waals surface area contributed by atoms with Crippen molar-refractivity contribution in [3.05, 3.63) is 89.2 Å². The lowest BCUT2D eigenvalue weighted by atomic mass is 9.95. The van der Waals surface area contributed by atoms with Crippen LogP contribution in [0.1, 0.15) is 52.8 Å². The SMILES string of the molecule is C=CC(=O)Nc1cc2c(Nc3ccc(F)c(Cl)c3)ncnc2cc1OCCCN1CCC(CN2CCN(c3cc4c(cc3F)C(=O)N(C3CCC(=O)NC3=O)C4=O)CC2)CC1. The number of likely N-dealkylation sites (tertiary alicyclic amines) is 1. The molecule has 318 valence electrons. The molecule has 18 heteroatoms. The van der Waals surface area contributed by atoms with E-state index < -0.39 is 47.2 Å². The molecule has 4 aromatic rings. The fourth-order valence-electron chi connectivity index (χ4n) is 8.42. The standard InChI is InChI=1S/C43H44ClF2N9O6/c1-2-38(56)50-34-20-29-33(47-24-48-40(29)49-26-4-5-31(45)30(44)18-26)22-37(34)61-17-3-10-52-11-8-25(9-12-52)23-53-13-15-54(16-14-53)36-21-28-27(19-32(36)46)42(59)55(43(28)60)35-6-7-39(57)51-41(35)58/h2,4-5,18-22,24-25,35H,1,3,6-17,23H2,(H,50,56)(H,47,48,49)(H,51,57,58). The van der Waals surface area contributed by atoms with Gasteiger partial charge in [-0.25, -0.2) is 18.7 Å². The van der Waals surface area contributed by atoms with Gasteiger partial charge in [-0.2, -0.15) is 0 Å². The Morgan fingerprint density at radius 1 is 0.918 bits per heavy atom. The molecule has 0 saturated carbocycles. The van der Waals surface area contributed by atoms with Crippen LogP contribution in [0.2, 0.25) is 5.02 Å². The van der Waals surface area contributed by atoms with Crippen LogP contribution in [0.3, 0.4) is 0 Å². The predicted octanol–water partition coefficient (Wildman–Crippen LogP) is 5.13. The van der Waals surface area contributed by atoms with Gasteiger partial charge in [0.25, 0.3) is 11.8 Å². The number of imide groups is 2. The number of benzene rings is 3. The molecule has 5 heterocycles. The number of carbonyl (C=O) groups is 5. The number of carbonyl (C=O) groups excluding carboxylic acids is 5. The monoisotopic (exact) mass is 855 g/mol. The molecule has 4 aliphatic rings. The van der Waals surface area contributed by atoms with Crippen molar-refractivity contribution in [1.29, 1.82) is 0 Å². The summed E-state index contributed by atoms with van der Waals surface area (Å²) >= 11 is 5.97. The number of rotatable bonds is 13. The van der Waals surface area contributed by atoms with E-state index in [0.717, 1.165) is 69.5 Å². The number of fused-ring (bicyclic) bond motifs is 2. The molecule has 1 aromatic heterocycles. The first-order valence-electron chi connectivity index (χ1n) is 20.3. The first-order chi connectivity index (χ1) is 29.4. The molecule has 5 amide bonds. The highest BCUT2D eigenvalue weighted by atomic mass is 35.5. The fourth-order valence-corrected chi connectivity index (χ4v) is 8.60. The van der Waals surface area contributed by atoms with Gasteiger partial charge in [0.15, 0.2) is 0 Å². The Kier molecular flexibility index (Phi) is 12.2. The van der Waals surface area contributed by atoms with E-state index in [4.69, 9.17) is 16.3 Å². The van der Waals surface area contributed by atoms with Crippen LogP contribution >= 0.6 is 11.6 Å². The van der Waals surface area contributed by atoms with Crippen molar-refractivity contribution in [3.8, 4) is 5.75 Å². The van der Waals surface area contributed by atoms with Gasteiger partial charge in [-0.1, -0.05) is 18.2 Å². The number of amides is 5. The lowest BCUT2D eigenvalue weighted by Gasteiger charge is -2.39. The number of hydrogen-bond acceptors (Lipinski definition) is 12. The molecule has 0 spiro atoms. The van der Waals surface area contributed by atoms with Crippen molar-refractivity contribution >= 4 is 74.9 Å². The normalized spacial score (nSPS) is 19.0. The summed E-state index contributed by atoms with van der Waals surface area (Å²) in [7, 11) is 0. The summed E-state index contributed by atoms with van der Waals surface area (Å²) in [5, 5.41) is 8.70. The molecule has 0 bridgehead atoms. The molecule has 15 nitrogen and oxygen atoms in total. The number of anilines is 4. The zero-order valence-corrected chi connectivity index (χ0v) is 34.0. The van der Waals surface area contributed by atoms with Gasteiger partial charge in [0.05, 0.1) is 39.6 Å². The number of hydrogen-bond donors (Lipinski definition) is 3. The van der Waals surface area contributed by atoms with Gasteiger partial charge in [0.2, 0.25) is 17.7 Å². The number of nitrogens with zero attached hydrogens (tertiary/aromatic N) is 6. The molecular weight excluding hydrogens is 812 g/mol. The molecular formula is C43H44ClF2N9O6. The van der Waals surface area contributed by atoms with Gasteiger partial charge in [0, 0.05) is 62.8 Å². The average molecular weight is 856 g/mol. The summed E-state index contributed by atoms with van der Waals surface area (Å²) in [5.74, 6) is -2.68. The van der Waals surface area contributed by atoms with Crippen LogP contribution in [0.25, 0.3) is 10.9 Å². The Balaban J connectivity index is 0.799. The largest absolute Gasteiger partial charge is 0.491 e. The maximum absolute atomic E-state index is 15.4. The number of piperazine rings is 1.